The lowest BCUT2D eigenvalue weighted by atomic mass is 10.3. The minimum atomic E-state index is -2.73. The van der Waals surface area contributed by atoms with Crippen molar-refractivity contribution in [2.24, 2.45) is 0 Å². The topological polar surface area (TPSA) is 18.5 Å². The molecule has 0 atom stereocenters. The predicted molar refractivity (Wildman–Crippen MR) is 101 cm³/mol. The zero-order valence-electron chi connectivity index (χ0n) is 14.1. The van der Waals surface area contributed by atoms with Gasteiger partial charge in [-0.05, 0) is 24.3 Å². The fourth-order valence-electron chi connectivity index (χ4n) is 2.71. The van der Waals surface area contributed by atoms with Crippen molar-refractivity contribution in [2.75, 3.05) is 0 Å². The van der Waals surface area contributed by atoms with Crippen molar-refractivity contribution in [1.82, 2.24) is 0 Å². The molecule has 3 heteroatoms. The maximum Gasteiger partial charge on any atom is 0.498 e. The third kappa shape index (κ3) is 3.52. The summed E-state index contributed by atoms with van der Waals surface area (Å²) in [5.74, 6) is 1.69. The maximum absolute atomic E-state index is 6.57. The quantitative estimate of drug-likeness (QED) is 0.597. The molecule has 3 aromatic carbocycles. The maximum atomic E-state index is 6.57. The van der Waals surface area contributed by atoms with Gasteiger partial charge in [-0.2, -0.15) is 0 Å². The Bertz CT molecular complexity index is 701. The fraction of sp³-hybridized carbons (Fsp3) is 0.143. The zero-order chi connectivity index (χ0) is 16.8. The molecule has 3 rings (SSSR count). The highest BCUT2D eigenvalue weighted by Gasteiger charge is 2.48. The molecule has 0 saturated heterocycles. The van der Waals surface area contributed by atoms with Gasteiger partial charge >= 0.3 is 8.56 Å². The van der Waals surface area contributed by atoms with E-state index >= 15 is 0 Å². The molecule has 0 unspecified atom stereocenters. The Morgan fingerprint density at radius 2 is 0.958 bits per heavy atom. The van der Waals surface area contributed by atoms with Crippen LogP contribution in [0.25, 0.3) is 0 Å². The van der Waals surface area contributed by atoms with E-state index in [0.717, 1.165) is 16.7 Å². The molecule has 0 N–H and O–H groups in total. The molecular formula is C21H22O2Si. The van der Waals surface area contributed by atoms with Crippen molar-refractivity contribution < 1.29 is 8.85 Å². The van der Waals surface area contributed by atoms with Gasteiger partial charge in [-0.3, -0.25) is 0 Å². The molecule has 0 bridgehead atoms. The Hall–Kier alpha value is -2.52. The Morgan fingerprint density at radius 1 is 0.583 bits per heavy atom. The van der Waals surface area contributed by atoms with E-state index in [1.807, 2.05) is 78.9 Å². The molecule has 0 aromatic heterocycles. The van der Waals surface area contributed by atoms with Crippen molar-refractivity contribution in [3.8, 4) is 11.5 Å². The summed E-state index contributed by atoms with van der Waals surface area (Å²) in [6, 6.07) is 30.2. The van der Waals surface area contributed by atoms with Gasteiger partial charge in [0.05, 0.1) is 0 Å². The van der Waals surface area contributed by atoms with Crippen LogP contribution in [0.1, 0.15) is 13.8 Å². The summed E-state index contributed by atoms with van der Waals surface area (Å²) in [6.07, 6.45) is 0. The van der Waals surface area contributed by atoms with Gasteiger partial charge in [0.1, 0.15) is 11.5 Å². The summed E-state index contributed by atoms with van der Waals surface area (Å²) in [5, 5.41) is 1.13. The van der Waals surface area contributed by atoms with Gasteiger partial charge in [0, 0.05) is 10.7 Å². The molecule has 3 aromatic rings. The van der Waals surface area contributed by atoms with E-state index < -0.39 is 8.56 Å². The first kappa shape index (κ1) is 16.3. The minimum absolute atomic E-state index is 0.236. The second-order valence-electron chi connectivity index (χ2n) is 6.02. The summed E-state index contributed by atoms with van der Waals surface area (Å²) >= 11 is 0. The summed E-state index contributed by atoms with van der Waals surface area (Å²) in [5.41, 5.74) is 0.236. The zero-order valence-corrected chi connectivity index (χ0v) is 15.1. The molecular weight excluding hydrogens is 312 g/mol. The largest absolute Gasteiger partial charge is 0.509 e. The van der Waals surface area contributed by atoms with E-state index in [1.165, 1.54) is 0 Å². The van der Waals surface area contributed by atoms with Gasteiger partial charge in [-0.1, -0.05) is 80.6 Å². The van der Waals surface area contributed by atoms with E-state index in [0.29, 0.717) is 0 Å². The molecule has 0 aliphatic heterocycles. The van der Waals surface area contributed by atoms with E-state index in [-0.39, 0.29) is 5.54 Å². The molecule has 0 aliphatic rings. The Kier molecular flexibility index (Phi) is 5.01. The van der Waals surface area contributed by atoms with E-state index in [1.54, 1.807) is 0 Å². The van der Waals surface area contributed by atoms with Crippen LogP contribution in [0.15, 0.2) is 91.0 Å². The standard InChI is InChI=1S/C21H22O2Si/c1-18(2)24(21-16-10-5-11-17-21,22-19-12-6-3-7-13-19)23-20-14-8-4-9-15-20/h3-18H,1-2H3. The first-order chi connectivity index (χ1) is 11.7. The van der Waals surface area contributed by atoms with E-state index in [9.17, 15) is 0 Å². The van der Waals surface area contributed by atoms with E-state index in [2.05, 4.69) is 26.0 Å². The number of hydrogen-bond acceptors (Lipinski definition) is 2. The fourth-order valence-corrected chi connectivity index (χ4v) is 5.75. The van der Waals surface area contributed by atoms with Crippen molar-refractivity contribution in [3.63, 3.8) is 0 Å². The lowest BCUT2D eigenvalue weighted by Gasteiger charge is -2.34. The number of hydrogen-bond donors (Lipinski definition) is 0. The number of para-hydroxylation sites is 2. The highest BCUT2D eigenvalue weighted by atomic mass is 28.4. The molecule has 0 spiro atoms. The van der Waals surface area contributed by atoms with Crippen LogP contribution in [0.2, 0.25) is 5.54 Å². The predicted octanol–water partition coefficient (Wildman–Crippen LogP) is 4.90. The van der Waals surface area contributed by atoms with Crippen LogP contribution < -0.4 is 14.0 Å². The lowest BCUT2D eigenvalue weighted by Crippen LogP contribution is -2.61. The second-order valence-corrected chi connectivity index (χ2v) is 9.49. The van der Waals surface area contributed by atoms with Crippen molar-refractivity contribution in [2.45, 2.75) is 19.4 Å². The van der Waals surface area contributed by atoms with Crippen LogP contribution in [0.3, 0.4) is 0 Å². The highest BCUT2D eigenvalue weighted by Crippen LogP contribution is 2.28. The molecule has 0 aliphatic carbocycles. The average molecular weight is 334 g/mol. The summed E-state index contributed by atoms with van der Waals surface area (Å²) < 4.78 is 13.1. The van der Waals surface area contributed by atoms with Crippen LogP contribution in [0.4, 0.5) is 0 Å². The molecule has 0 heterocycles. The number of rotatable bonds is 6. The summed E-state index contributed by atoms with van der Waals surface area (Å²) in [6.45, 7) is 4.34. The molecule has 0 radical (unpaired) electrons. The summed E-state index contributed by atoms with van der Waals surface area (Å²) in [4.78, 5) is 0. The third-order valence-corrected chi connectivity index (χ3v) is 7.70. The van der Waals surface area contributed by atoms with E-state index in [4.69, 9.17) is 8.85 Å². The first-order valence-corrected chi connectivity index (χ1v) is 10.1. The van der Waals surface area contributed by atoms with Crippen molar-refractivity contribution >= 4 is 13.7 Å². The lowest BCUT2D eigenvalue weighted by molar-refractivity contribution is 0.384. The van der Waals surface area contributed by atoms with Gasteiger partial charge in [-0.25, -0.2) is 0 Å². The Morgan fingerprint density at radius 3 is 1.33 bits per heavy atom. The molecule has 0 fully saturated rings. The Balaban J connectivity index is 2.06. The highest BCUT2D eigenvalue weighted by molar-refractivity contribution is 6.83. The molecule has 2 nitrogen and oxygen atoms in total. The molecule has 122 valence electrons. The third-order valence-electron chi connectivity index (χ3n) is 3.96. The molecule has 0 amide bonds. The first-order valence-electron chi connectivity index (χ1n) is 8.24. The normalized spacial score (nSPS) is 11.3. The molecule has 24 heavy (non-hydrogen) atoms. The second kappa shape index (κ2) is 7.36. The van der Waals surface area contributed by atoms with Crippen LogP contribution >= 0.6 is 0 Å². The van der Waals surface area contributed by atoms with Crippen LogP contribution in [-0.4, -0.2) is 8.56 Å². The minimum Gasteiger partial charge on any atom is -0.509 e. The smallest absolute Gasteiger partial charge is 0.498 e. The monoisotopic (exact) mass is 334 g/mol. The van der Waals surface area contributed by atoms with Gasteiger partial charge in [-0.15, -0.1) is 0 Å². The van der Waals surface area contributed by atoms with Gasteiger partial charge in [0.15, 0.2) is 0 Å². The van der Waals surface area contributed by atoms with Crippen molar-refractivity contribution in [1.29, 1.82) is 0 Å². The SMILES string of the molecule is CC(C)[Si](Oc1ccccc1)(Oc1ccccc1)c1ccccc1. The van der Waals surface area contributed by atoms with Gasteiger partial charge < -0.3 is 8.85 Å². The molecule has 0 saturated carbocycles. The Labute approximate surface area is 144 Å². The van der Waals surface area contributed by atoms with Crippen LogP contribution in [0, 0.1) is 0 Å². The average Bonchev–Trinajstić information content (AvgIpc) is 2.63. The summed E-state index contributed by atoms with van der Waals surface area (Å²) in [7, 11) is -2.73. The van der Waals surface area contributed by atoms with Gasteiger partial charge in [0.25, 0.3) is 0 Å². The van der Waals surface area contributed by atoms with Gasteiger partial charge in [0.2, 0.25) is 0 Å². The van der Waals surface area contributed by atoms with Crippen LogP contribution in [-0.2, 0) is 0 Å². The van der Waals surface area contributed by atoms with Crippen LogP contribution in [0.5, 0.6) is 11.5 Å². The van der Waals surface area contributed by atoms with Crippen molar-refractivity contribution in [3.05, 3.63) is 91.0 Å². The number of benzene rings is 3.